The molecule has 0 aliphatic heterocycles. The molecule has 0 saturated carbocycles. The minimum absolute atomic E-state index is 0.325. The lowest BCUT2D eigenvalue weighted by molar-refractivity contribution is -0.138. The summed E-state index contributed by atoms with van der Waals surface area (Å²) in [6, 6.07) is 9.11. The van der Waals surface area contributed by atoms with Gasteiger partial charge in [0, 0.05) is 17.4 Å². The molecule has 2 aromatic rings. The maximum absolute atomic E-state index is 13.7. The molecular weight excluding hydrogens is 356 g/mol. The molecule has 0 aromatic heterocycles. The van der Waals surface area contributed by atoms with Crippen LogP contribution in [-0.4, -0.2) is 29.9 Å². The van der Waals surface area contributed by atoms with Gasteiger partial charge in [0.05, 0.1) is 0 Å². The fraction of sp³-hybridized carbons (Fsp3) is 0.350. The van der Waals surface area contributed by atoms with Crippen LogP contribution in [0.4, 0.5) is 8.78 Å². The molecule has 0 saturated heterocycles. The third kappa shape index (κ3) is 6.11. The second-order valence-electron chi connectivity index (χ2n) is 5.68. The molecular formula is C20H25F2NO2S. The van der Waals surface area contributed by atoms with Crippen LogP contribution in [0.1, 0.15) is 25.0 Å². The van der Waals surface area contributed by atoms with E-state index >= 15 is 0 Å². The Kier molecular flexibility index (Phi) is 9.30. The topological polar surface area (TPSA) is 49.3 Å². The highest BCUT2D eigenvalue weighted by molar-refractivity contribution is 7.80. The number of aliphatic carboxylic acids is 1. The first-order chi connectivity index (χ1) is 12.4. The van der Waals surface area contributed by atoms with Crippen LogP contribution < -0.4 is 5.32 Å². The minimum Gasteiger partial charge on any atom is -0.480 e. The number of hydrogen-bond donors (Lipinski definition) is 3. The maximum Gasteiger partial charge on any atom is 0.321 e. The molecule has 2 N–H and O–H groups in total. The van der Waals surface area contributed by atoms with Crippen molar-refractivity contribution in [3.8, 4) is 11.1 Å². The lowest BCUT2D eigenvalue weighted by atomic mass is 9.96. The average Bonchev–Trinajstić information content (AvgIpc) is 2.62. The maximum atomic E-state index is 13.7. The van der Waals surface area contributed by atoms with E-state index in [1.807, 2.05) is 18.2 Å². The van der Waals surface area contributed by atoms with Gasteiger partial charge in [0.2, 0.25) is 0 Å². The Morgan fingerprint density at radius 2 is 1.77 bits per heavy atom. The van der Waals surface area contributed by atoms with Gasteiger partial charge in [0.1, 0.15) is 17.7 Å². The minimum atomic E-state index is -0.859. The van der Waals surface area contributed by atoms with Crippen molar-refractivity contribution in [3.05, 3.63) is 59.2 Å². The Morgan fingerprint density at radius 3 is 2.19 bits per heavy atom. The number of rotatable bonds is 6. The van der Waals surface area contributed by atoms with Gasteiger partial charge in [-0.05, 0) is 48.7 Å². The summed E-state index contributed by atoms with van der Waals surface area (Å²) in [5.41, 5.74) is 3.76. The summed E-state index contributed by atoms with van der Waals surface area (Å²) >= 11 is 3.79. The van der Waals surface area contributed by atoms with E-state index in [-0.39, 0.29) is 0 Å². The van der Waals surface area contributed by atoms with E-state index in [0.717, 1.165) is 24.5 Å². The number of carboxylic acids is 1. The van der Waals surface area contributed by atoms with Gasteiger partial charge in [-0.15, -0.1) is 0 Å². The average molecular weight is 381 g/mol. The molecule has 0 unspecified atom stereocenters. The second-order valence-corrected chi connectivity index (χ2v) is 6.04. The zero-order valence-electron chi connectivity index (χ0n) is 15.2. The Hall–Kier alpha value is -1.92. The number of carboxylic acid groups (broad SMARTS) is 1. The standard InChI is InChI=1S/C16H16F2.C4H9NO2S/c1-3-11-5-6-13(9-12(11)4-2)15-8-7-14(17)10-16(15)18;1-5-3(2-8)4(6)7/h5-10H,3-4H2,1-2H3;3,5,8H,2H2,1H3,(H,6,7)/t;3-/m.0/s1. The number of carbonyl (C=O) groups is 1. The Morgan fingerprint density at radius 1 is 1.12 bits per heavy atom. The lowest BCUT2D eigenvalue weighted by Crippen LogP contribution is -2.35. The molecule has 0 bridgehead atoms. The van der Waals surface area contributed by atoms with Crippen LogP contribution in [0.2, 0.25) is 0 Å². The first-order valence-corrected chi connectivity index (χ1v) is 9.09. The van der Waals surface area contributed by atoms with Crippen molar-refractivity contribution in [1.82, 2.24) is 5.32 Å². The summed E-state index contributed by atoms with van der Waals surface area (Å²) in [6.45, 7) is 4.19. The van der Waals surface area contributed by atoms with E-state index in [2.05, 4.69) is 31.8 Å². The van der Waals surface area contributed by atoms with Crippen molar-refractivity contribution in [2.45, 2.75) is 32.7 Å². The molecule has 0 heterocycles. The molecule has 2 rings (SSSR count). The largest absolute Gasteiger partial charge is 0.480 e. The van der Waals surface area contributed by atoms with E-state index in [0.29, 0.717) is 11.3 Å². The highest BCUT2D eigenvalue weighted by Gasteiger charge is 2.10. The quantitative estimate of drug-likeness (QED) is 0.652. The third-order valence-electron chi connectivity index (χ3n) is 4.04. The van der Waals surface area contributed by atoms with Crippen LogP contribution in [0.15, 0.2) is 36.4 Å². The molecule has 2 aromatic carbocycles. The number of halogens is 2. The predicted molar refractivity (Wildman–Crippen MR) is 105 cm³/mol. The van der Waals surface area contributed by atoms with Crippen molar-refractivity contribution >= 4 is 18.6 Å². The SMILES string of the molecule is CCc1ccc(-c2ccc(F)cc2F)cc1CC.CN[C@@H](CS)C(=O)O. The molecule has 0 fully saturated rings. The Labute approximate surface area is 158 Å². The van der Waals surface area contributed by atoms with Gasteiger partial charge in [0.15, 0.2) is 0 Å². The second kappa shape index (κ2) is 10.9. The first-order valence-electron chi connectivity index (χ1n) is 8.45. The summed E-state index contributed by atoms with van der Waals surface area (Å²) in [5, 5.41) is 10.8. The molecule has 0 spiro atoms. The van der Waals surface area contributed by atoms with E-state index in [9.17, 15) is 13.6 Å². The number of likely N-dealkylation sites (N-methyl/N-ethyl adjacent to an activating group) is 1. The van der Waals surface area contributed by atoms with Crippen molar-refractivity contribution in [2.75, 3.05) is 12.8 Å². The molecule has 26 heavy (non-hydrogen) atoms. The van der Waals surface area contributed by atoms with Gasteiger partial charge in [-0.2, -0.15) is 12.6 Å². The van der Waals surface area contributed by atoms with E-state index in [1.165, 1.54) is 23.3 Å². The monoisotopic (exact) mass is 381 g/mol. The number of hydrogen-bond acceptors (Lipinski definition) is 3. The van der Waals surface area contributed by atoms with Crippen molar-refractivity contribution < 1.29 is 18.7 Å². The molecule has 3 nitrogen and oxygen atoms in total. The van der Waals surface area contributed by atoms with Gasteiger partial charge < -0.3 is 10.4 Å². The fourth-order valence-corrected chi connectivity index (χ4v) is 2.82. The lowest BCUT2D eigenvalue weighted by Gasteiger charge is -2.10. The number of aryl methyl sites for hydroxylation is 2. The number of nitrogens with one attached hydrogen (secondary N) is 1. The van der Waals surface area contributed by atoms with Crippen molar-refractivity contribution in [1.29, 1.82) is 0 Å². The summed E-state index contributed by atoms with van der Waals surface area (Å²) in [5.74, 6) is -1.59. The fourth-order valence-electron chi connectivity index (χ4n) is 2.48. The van der Waals surface area contributed by atoms with E-state index in [4.69, 9.17) is 5.11 Å². The Balaban J connectivity index is 0.000000359. The van der Waals surface area contributed by atoms with E-state index in [1.54, 1.807) is 7.05 Å². The van der Waals surface area contributed by atoms with Crippen LogP contribution in [0, 0.1) is 11.6 Å². The summed E-state index contributed by atoms with van der Waals surface area (Å²) in [7, 11) is 1.59. The molecule has 0 amide bonds. The molecule has 0 aliphatic carbocycles. The molecule has 0 aliphatic rings. The van der Waals surface area contributed by atoms with Crippen molar-refractivity contribution in [3.63, 3.8) is 0 Å². The van der Waals surface area contributed by atoms with Crippen LogP contribution in [0.5, 0.6) is 0 Å². The normalized spacial score (nSPS) is 11.5. The van der Waals surface area contributed by atoms with Crippen LogP contribution in [0.25, 0.3) is 11.1 Å². The van der Waals surface area contributed by atoms with Gasteiger partial charge >= 0.3 is 5.97 Å². The smallest absolute Gasteiger partial charge is 0.321 e. The van der Waals surface area contributed by atoms with E-state index < -0.39 is 23.6 Å². The molecule has 1 atom stereocenters. The van der Waals surface area contributed by atoms with Crippen LogP contribution >= 0.6 is 12.6 Å². The predicted octanol–water partition coefficient (Wildman–Crippen LogP) is 4.35. The molecule has 0 radical (unpaired) electrons. The summed E-state index contributed by atoms with van der Waals surface area (Å²) in [6.07, 6.45) is 1.88. The summed E-state index contributed by atoms with van der Waals surface area (Å²) < 4.78 is 26.6. The van der Waals surface area contributed by atoms with Gasteiger partial charge in [-0.25, -0.2) is 8.78 Å². The van der Waals surface area contributed by atoms with Gasteiger partial charge in [-0.3, -0.25) is 4.79 Å². The van der Waals surface area contributed by atoms with Crippen molar-refractivity contribution in [2.24, 2.45) is 0 Å². The summed E-state index contributed by atoms with van der Waals surface area (Å²) in [4.78, 5) is 10.1. The third-order valence-corrected chi connectivity index (χ3v) is 4.40. The highest BCUT2D eigenvalue weighted by Crippen LogP contribution is 2.26. The van der Waals surface area contributed by atoms with Crippen LogP contribution in [-0.2, 0) is 17.6 Å². The number of thiol groups is 1. The van der Waals surface area contributed by atoms with Gasteiger partial charge in [0.25, 0.3) is 0 Å². The molecule has 6 heteroatoms. The van der Waals surface area contributed by atoms with Crippen LogP contribution in [0.3, 0.4) is 0 Å². The zero-order chi connectivity index (χ0) is 19.7. The molecule has 142 valence electrons. The zero-order valence-corrected chi connectivity index (χ0v) is 16.1. The van der Waals surface area contributed by atoms with Gasteiger partial charge in [-0.1, -0.05) is 32.0 Å². The Bertz CT molecular complexity index is 734. The number of benzene rings is 2. The highest BCUT2D eigenvalue weighted by atomic mass is 32.1. The first kappa shape index (κ1) is 22.1.